The average molecular weight is 380 g/mol. The molecule has 7 heteroatoms. The predicted octanol–water partition coefficient (Wildman–Crippen LogP) is 3.04. The summed E-state index contributed by atoms with van der Waals surface area (Å²) in [6.45, 7) is 10.3. The quantitative estimate of drug-likeness (QED) is 0.655. The maximum Gasteiger partial charge on any atom is 0.228 e. The Kier molecular flexibility index (Phi) is 15.1. The summed E-state index contributed by atoms with van der Waals surface area (Å²) >= 11 is 0. The fourth-order valence-electron chi connectivity index (χ4n) is 2.18. The predicted molar refractivity (Wildman–Crippen MR) is 106 cm³/mol. The van der Waals surface area contributed by atoms with Crippen molar-refractivity contribution in [1.29, 1.82) is 0 Å². The third-order valence-corrected chi connectivity index (χ3v) is 3.66. The second-order valence-electron chi connectivity index (χ2n) is 5.32. The van der Waals surface area contributed by atoms with Gasteiger partial charge < -0.3 is 20.3 Å². The van der Waals surface area contributed by atoms with Crippen LogP contribution in [0.2, 0.25) is 0 Å². The molecule has 0 radical (unpaired) electrons. The highest BCUT2D eigenvalue weighted by Crippen LogP contribution is 2.24. The molecule has 2 N–H and O–H groups in total. The van der Waals surface area contributed by atoms with E-state index in [1.54, 1.807) is 0 Å². The Bertz CT molecular complexity index is 457. The van der Waals surface area contributed by atoms with Crippen LogP contribution >= 0.6 is 24.8 Å². The lowest BCUT2D eigenvalue weighted by Gasteiger charge is -2.19. The van der Waals surface area contributed by atoms with Crippen LogP contribution in [0.1, 0.15) is 20.8 Å². The van der Waals surface area contributed by atoms with Gasteiger partial charge in [-0.3, -0.25) is 4.79 Å². The van der Waals surface area contributed by atoms with E-state index < -0.39 is 0 Å². The minimum atomic E-state index is -0.0891. The number of nitrogens with zero attached hydrogens (tertiary/aromatic N) is 1. The monoisotopic (exact) mass is 379 g/mol. The number of rotatable bonds is 10. The number of carbonyl (C=O) groups is 1. The molecule has 5 nitrogen and oxygen atoms in total. The van der Waals surface area contributed by atoms with Crippen LogP contribution in [-0.4, -0.2) is 50.6 Å². The number of benzene rings is 1. The molecule has 1 aromatic rings. The molecule has 1 unspecified atom stereocenters. The van der Waals surface area contributed by atoms with E-state index in [0.717, 1.165) is 31.1 Å². The van der Waals surface area contributed by atoms with Gasteiger partial charge in [0.15, 0.2) is 0 Å². The van der Waals surface area contributed by atoms with Crippen LogP contribution in [-0.2, 0) is 4.79 Å². The van der Waals surface area contributed by atoms with Crippen LogP contribution < -0.4 is 15.4 Å². The molecule has 0 heterocycles. The lowest BCUT2D eigenvalue weighted by molar-refractivity contribution is -0.119. The fraction of sp³-hybridized carbons (Fsp3) is 0.588. The van der Waals surface area contributed by atoms with Crippen molar-refractivity contribution in [3.8, 4) is 5.75 Å². The molecular weight excluding hydrogens is 349 g/mol. The van der Waals surface area contributed by atoms with Gasteiger partial charge in [-0.05, 0) is 32.3 Å². The number of ether oxygens (including phenoxy) is 1. The minimum absolute atomic E-state index is 0. The van der Waals surface area contributed by atoms with E-state index in [1.165, 1.54) is 0 Å². The van der Waals surface area contributed by atoms with Gasteiger partial charge in [0.1, 0.15) is 12.4 Å². The van der Waals surface area contributed by atoms with E-state index in [2.05, 4.69) is 29.4 Å². The van der Waals surface area contributed by atoms with E-state index in [-0.39, 0.29) is 36.6 Å². The van der Waals surface area contributed by atoms with Gasteiger partial charge in [0.05, 0.1) is 5.69 Å². The topological polar surface area (TPSA) is 53.6 Å². The van der Waals surface area contributed by atoms with Gasteiger partial charge in [-0.25, -0.2) is 0 Å². The molecule has 1 amide bonds. The smallest absolute Gasteiger partial charge is 0.228 e. The molecule has 140 valence electrons. The molecule has 0 aromatic heterocycles. The molecule has 24 heavy (non-hydrogen) atoms. The van der Waals surface area contributed by atoms with Gasteiger partial charge in [-0.1, -0.05) is 32.9 Å². The summed E-state index contributed by atoms with van der Waals surface area (Å²) in [7, 11) is 1.84. The van der Waals surface area contributed by atoms with Crippen molar-refractivity contribution < 1.29 is 9.53 Å². The van der Waals surface area contributed by atoms with Gasteiger partial charge in [-0.2, -0.15) is 0 Å². The summed E-state index contributed by atoms with van der Waals surface area (Å²) in [5.41, 5.74) is 0.731. The molecule has 1 atom stereocenters. The molecule has 0 aliphatic heterocycles. The molecular formula is C17H31Cl2N3O2. The Morgan fingerprint density at radius 3 is 2.42 bits per heavy atom. The number of hydrogen-bond acceptors (Lipinski definition) is 4. The van der Waals surface area contributed by atoms with Crippen molar-refractivity contribution in [3.63, 3.8) is 0 Å². The summed E-state index contributed by atoms with van der Waals surface area (Å²) in [5.74, 6) is 0.627. The van der Waals surface area contributed by atoms with Crippen molar-refractivity contribution in [3.05, 3.63) is 24.3 Å². The molecule has 0 saturated carbocycles. The van der Waals surface area contributed by atoms with Crippen LogP contribution in [0, 0.1) is 5.92 Å². The molecule has 0 aliphatic rings. The van der Waals surface area contributed by atoms with E-state index in [4.69, 9.17) is 4.74 Å². The molecule has 0 bridgehead atoms. The molecule has 1 aromatic carbocycles. The van der Waals surface area contributed by atoms with Crippen LogP contribution in [0.15, 0.2) is 24.3 Å². The third kappa shape index (κ3) is 8.73. The molecule has 0 aliphatic carbocycles. The van der Waals surface area contributed by atoms with Gasteiger partial charge in [0.25, 0.3) is 0 Å². The zero-order valence-corrected chi connectivity index (χ0v) is 16.6. The SMILES string of the molecule is CCN(CC)CCOc1ccccc1NC(=O)C(C)CNC.Cl.Cl. The number of likely N-dealkylation sites (N-methyl/N-ethyl adjacent to an activating group) is 1. The summed E-state index contributed by atoms with van der Waals surface area (Å²) < 4.78 is 5.84. The summed E-state index contributed by atoms with van der Waals surface area (Å²) in [6.07, 6.45) is 0. The van der Waals surface area contributed by atoms with Crippen molar-refractivity contribution in [1.82, 2.24) is 10.2 Å². The minimum Gasteiger partial charge on any atom is -0.490 e. The van der Waals surface area contributed by atoms with Crippen LogP contribution in [0.3, 0.4) is 0 Å². The first kappa shape index (κ1) is 25.2. The first-order valence-electron chi connectivity index (χ1n) is 8.01. The van der Waals surface area contributed by atoms with Crippen molar-refractivity contribution >= 4 is 36.4 Å². The van der Waals surface area contributed by atoms with E-state index in [9.17, 15) is 4.79 Å². The van der Waals surface area contributed by atoms with Gasteiger partial charge in [0.2, 0.25) is 5.91 Å². The van der Waals surface area contributed by atoms with Crippen molar-refractivity contribution in [2.45, 2.75) is 20.8 Å². The van der Waals surface area contributed by atoms with Crippen LogP contribution in [0.25, 0.3) is 0 Å². The Labute approximate surface area is 158 Å². The Hall–Kier alpha value is -1.01. The first-order valence-corrected chi connectivity index (χ1v) is 8.01. The maximum atomic E-state index is 12.1. The Balaban J connectivity index is 0. The van der Waals surface area contributed by atoms with Gasteiger partial charge >= 0.3 is 0 Å². The zero-order chi connectivity index (χ0) is 16.4. The normalized spacial score (nSPS) is 11.2. The number of amides is 1. The van der Waals surface area contributed by atoms with E-state index in [0.29, 0.717) is 13.2 Å². The van der Waals surface area contributed by atoms with Crippen LogP contribution in [0.5, 0.6) is 5.75 Å². The number of halogens is 2. The van der Waals surface area contributed by atoms with Crippen molar-refractivity contribution in [2.24, 2.45) is 5.92 Å². The molecule has 0 spiro atoms. The summed E-state index contributed by atoms with van der Waals surface area (Å²) in [6, 6.07) is 7.58. The van der Waals surface area contributed by atoms with Crippen LogP contribution in [0.4, 0.5) is 5.69 Å². The number of carbonyl (C=O) groups excluding carboxylic acids is 1. The Morgan fingerprint density at radius 1 is 1.21 bits per heavy atom. The fourth-order valence-corrected chi connectivity index (χ4v) is 2.18. The lowest BCUT2D eigenvalue weighted by Crippen LogP contribution is -2.29. The van der Waals surface area contributed by atoms with Crippen molar-refractivity contribution in [2.75, 3.05) is 45.2 Å². The van der Waals surface area contributed by atoms with E-state index >= 15 is 0 Å². The Morgan fingerprint density at radius 2 is 1.83 bits per heavy atom. The third-order valence-electron chi connectivity index (χ3n) is 3.66. The first-order chi connectivity index (χ1) is 10.6. The molecule has 0 fully saturated rings. The highest BCUT2D eigenvalue weighted by atomic mass is 35.5. The van der Waals surface area contributed by atoms with E-state index in [1.807, 2.05) is 38.2 Å². The number of anilines is 1. The standard InChI is InChI=1S/C17H29N3O2.2ClH/c1-5-20(6-2)11-12-22-16-10-8-7-9-15(16)19-17(21)14(3)13-18-4;;/h7-10,14,18H,5-6,11-13H2,1-4H3,(H,19,21);2*1H. The highest BCUT2D eigenvalue weighted by molar-refractivity contribution is 5.93. The highest BCUT2D eigenvalue weighted by Gasteiger charge is 2.14. The largest absolute Gasteiger partial charge is 0.490 e. The number of para-hydroxylation sites is 2. The summed E-state index contributed by atoms with van der Waals surface area (Å²) in [5, 5.41) is 5.95. The second-order valence-corrected chi connectivity index (χ2v) is 5.32. The van der Waals surface area contributed by atoms with Gasteiger partial charge in [-0.15, -0.1) is 24.8 Å². The molecule has 0 saturated heterocycles. The zero-order valence-electron chi connectivity index (χ0n) is 15.0. The molecule has 1 rings (SSSR count). The maximum absolute atomic E-state index is 12.1. The number of hydrogen-bond donors (Lipinski definition) is 2. The van der Waals surface area contributed by atoms with Gasteiger partial charge in [0, 0.05) is 19.0 Å². The lowest BCUT2D eigenvalue weighted by atomic mass is 10.1. The number of nitrogens with one attached hydrogen (secondary N) is 2. The second kappa shape index (κ2) is 14.3. The average Bonchev–Trinajstić information content (AvgIpc) is 2.53. The summed E-state index contributed by atoms with van der Waals surface area (Å²) in [4.78, 5) is 14.4.